The van der Waals surface area contributed by atoms with Crippen LogP contribution in [0.2, 0.25) is 5.02 Å². The Morgan fingerprint density at radius 1 is 1.42 bits per heavy atom. The SMILES string of the molecule is Clc1cc2nc(c1)N1SC=C2S1. The van der Waals surface area contributed by atoms with E-state index in [0.717, 1.165) is 16.5 Å². The first kappa shape index (κ1) is 7.12. The van der Waals surface area contributed by atoms with Crippen LogP contribution in [0, 0.1) is 0 Å². The maximum Gasteiger partial charge on any atom is 0.151 e. The number of aromatic nitrogens is 1. The molecule has 0 saturated carbocycles. The van der Waals surface area contributed by atoms with Crippen LogP contribution >= 0.6 is 35.5 Å². The van der Waals surface area contributed by atoms with Gasteiger partial charge in [0.2, 0.25) is 0 Å². The van der Waals surface area contributed by atoms with Gasteiger partial charge in [0.15, 0.2) is 5.82 Å². The third kappa shape index (κ3) is 0.887. The zero-order valence-electron chi connectivity index (χ0n) is 5.82. The Hall–Kier alpha value is -0.320. The third-order valence-electron chi connectivity index (χ3n) is 1.65. The van der Waals surface area contributed by atoms with Crippen molar-refractivity contribution >= 4 is 46.2 Å². The van der Waals surface area contributed by atoms with Crippen molar-refractivity contribution in [3.8, 4) is 0 Å². The molecule has 0 amide bonds. The van der Waals surface area contributed by atoms with Crippen LogP contribution in [0.5, 0.6) is 0 Å². The Labute approximate surface area is 83.3 Å². The van der Waals surface area contributed by atoms with Crippen molar-refractivity contribution in [2.24, 2.45) is 0 Å². The van der Waals surface area contributed by atoms with Gasteiger partial charge < -0.3 is 0 Å². The monoisotopic (exact) mass is 214 g/mol. The van der Waals surface area contributed by atoms with Gasteiger partial charge >= 0.3 is 0 Å². The molecule has 0 fully saturated rings. The second-order valence-corrected chi connectivity index (χ2v) is 4.93. The molecule has 2 nitrogen and oxygen atoms in total. The molecule has 0 saturated heterocycles. The third-order valence-corrected chi connectivity index (χ3v) is 4.10. The van der Waals surface area contributed by atoms with Crippen molar-refractivity contribution in [2.75, 3.05) is 3.71 Å². The van der Waals surface area contributed by atoms with Gasteiger partial charge in [-0.2, -0.15) is 0 Å². The highest BCUT2D eigenvalue weighted by Gasteiger charge is 2.26. The highest BCUT2D eigenvalue weighted by molar-refractivity contribution is 8.27. The second-order valence-electron chi connectivity index (χ2n) is 2.46. The van der Waals surface area contributed by atoms with Gasteiger partial charge in [-0.05, 0) is 18.0 Å². The van der Waals surface area contributed by atoms with Crippen LogP contribution in [-0.2, 0) is 0 Å². The molecule has 3 heterocycles. The number of nitrogens with zero attached hydrogens (tertiary/aromatic N) is 2. The molecule has 60 valence electrons. The van der Waals surface area contributed by atoms with E-state index in [1.807, 2.05) is 15.8 Å². The number of anilines is 1. The molecule has 0 aliphatic carbocycles. The minimum absolute atomic E-state index is 0.758. The number of hydrogen-bond donors (Lipinski definition) is 0. The molecular weight excluding hydrogens is 212 g/mol. The van der Waals surface area contributed by atoms with Crippen molar-refractivity contribution < 1.29 is 0 Å². The van der Waals surface area contributed by atoms with E-state index in [4.69, 9.17) is 11.6 Å². The standard InChI is InChI=1S/C7H3ClN2S2/c8-4-1-5-6-3-11-10(12-6)7(2-4)9-5/h1-3H. The quantitative estimate of drug-likeness (QED) is 0.617. The lowest BCUT2D eigenvalue weighted by Gasteiger charge is -2.19. The fourth-order valence-electron chi connectivity index (χ4n) is 1.14. The summed E-state index contributed by atoms with van der Waals surface area (Å²) in [6, 6.07) is 3.77. The van der Waals surface area contributed by atoms with Gasteiger partial charge in [0.25, 0.3) is 0 Å². The van der Waals surface area contributed by atoms with Crippen LogP contribution in [0.15, 0.2) is 17.5 Å². The van der Waals surface area contributed by atoms with E-state index in [2.05, 4.69) is 10.4 Å². The van der Waals surface area contributed by atoms with Gasteiger partial charge in [0, 0.05) is 28.4 Å². The first-order chi connectivity index (χ1) is 5.83. The Balaban J connectivity index is 2.32. The predicted molar refractivity (Wildman–Crippen MR) is 54.9 cm³/mol. The molecule has 1 aromatic heterocycles. The Morgan fingerprint density at radius 3 is 3.25 bits per heavy atom. The summed E-state index contributed by atoms with van der Waals surface area (Å²) in [4.78, 5) is 5.59. The van der Waals surface area contributed by atoms with Gasteiger partial charge in [-0.3, -0.25) is 0 Å². The number of fused-ring (bicyclic) bond motifs is 6. The molecule has 0 unspecified atom stereocenters. The maximum atomic E-state index is 5.91. The van der Waals surface area contributed by atoms with Crippen LogP contribution < -0.4 is 3.71 Å². The molecule has 0 atom stereocenters. The van der Waals surface area contributed by atoms with Crippen LogP contribution in [0.25, 0.3) is 4.91 Å². The summed E-state index contributed by atoms with van der Waals surface area (Å²) < 4.78 is 2.05. The Bertz CT molecular complexity index is 391. The molecule has 12 heavy (non-hydrogen) atoms. The lowest BCUT2D eigenvalue weighted by Crippen LogP contribution is -2.06. The van der Waals surface area contributed by atoms with Gasteiger partial charge in [0.1, 0.15) is 0 Å². The molecule has 2 aliphatic rings. The summed E-state index contributed by atoms with van der Waals surface area (Å²) >= 11 is 9.26. The molecule has 0 N–H and O–H groups in total. The van der Waals surface area contributed by atoms with Crippen LogP contribution in [0.1, 0.15) is 5.69 Å². The van der Waals surface area contributed by atoms with Crippen LogP contribution in [0.3, 0.4) is 0 Å². The summed E-state index contributed by atoms with van der Waals surface area (Å²) in [5, 5.41) is 2.85. The molecule has 3 rings (SSSR count). The van der Waals surface area contributed by atoms with E-state index < -0.39 is 0 Å². The molecule has 0 spiro atoms. The maximum absolute atomic E-state index is 5.91. The minimum atomic E-state index is 0.758. The average molecular weight is 215 g/mol. The number of hydrogen-bond acceptors (Lipinski definition) is 4. The lowest BCUT2D eigenvalue weighted by molar-refractivity contribution is 1.27. The topological polar surface area (TPSA) is 16.1 Å². The zero-order chi connectivity index (χ0) is 8.13. The van der Waals surface area contributed by atoms with Gasteiger partial charge in [0.05, 0.1) is 10.6 Å². The molecule has 1 aromatic rings. The highest BCUT2D eigenvalue weighted by Crippen LogP contribution is 2.50. The van der Waals surface area contributed by atoms with Gasteiger partial charge in [-0.1, -0.05) is 11.6 Å². The fourth-order valence-corrected chi connectivity index (χ4v) is 3.26. The normalized spacial score (nSPS) is 18.1. The molecule has 0 aromatic carbocycles. The first-order valence-electron chi connectivity index (χ1n) is 3.36. The molecule has 2 aliphatic heterocycles. The van der Waals surface area contributed by atoms with E-state index in [1.165, 1.54) is 4.91 Å². The second kappa shape index (κ2) is 2.34. The van der Waals surface area contributed by atoms with Crippen molar-refractivity contribution in [2.45, 2.75) is 0 Å². The molecule has 5 heteroatoms. The van der Waals surface area contributed by atoms with Gasteiger partial charge in [-0.15, -0.1) is 0 Å². The summed E-state index contributed by atoms with van der Waals surface area (Å²) in [5.74, 6) is 0.935. The molecule has 0 radical (unpaired) electrons. The smallest absolute Gasteiger partial charge is 0.151 e. The minimum Gasteiger partial charge on any atom is -0.232 e. The average Bonchev–Trinajstić information content (AvgIpc) is 2.46. The first-order valence-corrected chi connectivity index (χ1v) is 5.35. The Morgan fingerprint density at radius 2 is 2.33 bits per heavy atom. The predicted octanol–water partition coefficient (Wildman–Crippen LogP) is 3.16. The largest absolute Gasteiger partial charge is 0.232 e. The summed E-state index contributed by atoms with van der Waals surface area (Å²) in [7, 11) is 0. The number of halogens is 1. The fraction of sp³-hybridized carbons (Fsp3) is 0. The van der Waals surface area contributed by atoms with E-state index in [1.54, 1.807) is 23.9 Å². The lowest BCUT2D eigenvalue weighted by atomic mass is 10.3. The zero-order valence-corrected chi connectivity index (χ0v) is 8.21. The number of pyridine rings is 1. The van der Waals surface area contributed by atoms with E-state index in [9.17, 15) is 0 Å². The van der Waals surface area contributed by atoms with Crippen molar-refractivity contribution in [3.05, 3.63) is 28.3 Å². The number of rotatable bonds is 0. The van der Waals surface area contributed by atoms with E-state index >= 15 is 0 Å². The molecular formula is C7H3ClN2S2. The summed E-state index contributed by atoms with van der Waals surface area (Å²) in [6.07, 6.45) is 0. The van der Waals surface area contributed by atoms with E-state index in [-0.39, 0.29) is 0 Å². The van der Waals surface area contributed by atoms with Crippen molar-refractivity contribution in [3.63, 3.8) is 0 Å². The van der Waals surface area contributed by atoms with Crippen LogP contribution in [0.4, 0.5) is 5.82 Å². The summed E-state index contributed by atoms with van der Waals surface area (Å²) in [5.41, 5.74) is 0.990. The van der Waals surface area contributed by atoms with Crippen LogP contribution in [-0.4, -0.2) is 4.98 Å². The summed E-state index contributed by atoms with van der Waals surface area (Å²) in [6.45, 7) is 0. The van der Waals surface area contributed by atoms with Crippen molar-refractivity contribution in [1.82, 2.24) is 4.98 Å². The molecule has 4 bridgehead atoms. The van der Waals surface area contributed by atoms with E-state index in [0.29, 0.717) is 0 Å². The Kier molecular flexibility index (Phi) is 1.39. The van der Waals surface area contributed by atoms with Gasteiger partial charge in [-0.25, -0.2) is 8.69 Å². The van der Waals surface area contributed by atoms with Crippen molar-refractivity contribution in [1.29, 1.82) is 0 Å². The highest BCUT2D eigenvalue weighted by atomic mass is 35.5.